The van der Waals surface area contributed by atoms with Gasteiger partial charge < -0.3 is 5.32 Å². The first-order valence-electron chi connectivity index (χ1n) is 8.16. The number of H-pyrrole nitrogens is 1. The average molecular weight is 370 g/mol. The maximum absolute atomic E-state index is 13.0. The fraction of sp³-hybridized carbons (Fsp3) is 0.167. The van der Waals surface area contributed by atoms with Crippen molar-refractivity contribution >= 4 is 39.7 Å². The number of halogens is 2. The summed E-state index contributed by atoms with van der Waals surface area (Å²) in [7, 11) is 0. The number of aromatic nitrogens is 4. The molecule has 1 aliphatic carbocycles. The molecule has 0 saturated heterocycles. The zero-order valence-electron chi connectivity index (χ0n) is 13.4. The summed E-state index contributed by atoms with van der Waals surface area (Å²) < 4.78 is 14.7. The van der Waals surface area contributed by atoms with Crippen molar-refractivity contribution in [2.45, 2.75) is 12.6 Å². The molecule has 1 aliphatic rings. The van der Waals surface area contributed by atoms with Gasteiger partial charge in [0.1, 0.15) is 6.17 Å². The van der Waals surface area contributed by atoms with Gasteiger partial charge in [-0.3, -0.25) is 9.89 Å². The molecule has 1 fully saturated rings. The highest BCUT2D eigenvalue weighted by atomic mass is 35.5. The molecule has 0 radical (unpaired) electrons. The number of nitrogens with one attached hydrogen (secondary N) is 2. The lowest BCUT2D eigenvalue weighted by atomic mass is 10.0. The minimum Gasteiger partial charge on any atom is -0.309 e. The third-order valence-corrected chi connectivity index (χ3v) is 4.94. The van der Waals surface area contributed by atoms with Gasteiger partial charge in [-0.25, -0.2) is 8.91 Å². The van der Waals surface area contributed by atoms with Gasteiger partial charge in [-0.1, -0.05) is 11.6 Å². The van der Waals surface area contributed by atoms with Crippen LogP contribution in [0.15, 0.2) is 42.7 Å². The summed E-state index contributed by atoms with van der Waals surface area (Å²) in [5.41, 5.74) is 3.49. The number of carbonyl (C=O) groups excluding carboxylic acids is 1. The smallest absolute Gasteiger partial charge is 0.231 e. The third-order valence-electron chi connectivity index (χ3n) is 4.63. The van der Waals surface area contributed by atoms with Crippen LogP contribution in [0.2, 0.25) is 5.02 Å². The van der Waals surface area contributed by atoms with E-state index in [0.717, 1.165) is 27.5 Å². The number of hydrogen-bond acceptors (Lipinski definition) is 3. The van der Waals surface area contributed by atoms with Gasteiger partial charge in [0.2, 0.25) is 5.91 Å². The molecule has 8 heteroatoms. The van der Waals surface area contributed by atoms with Crippen molar-refractivity contribution < 1.29 is 9.18 Å². The number of rotatable bonds is 3. The Morgan fingerprint density at radius 1 is 1.35 bits per heavy atom. The Labute approximate surface area is 152 Å². The molecule has 130 valence electrons. The van der Waals surface area contributed by atoms with Crippen molar-refractivity contribution in [2.75, 3.05) is 5.32 Å². The van der Waals surface area contributed by atoms with Gasteiger partial charge in [0.15, 0.2) is 5.82 Å². The van der Waals surface area contributed by atoms with Crippen LogP contribution in [-0.4, -0.2) is 31.9 Å². The molecule has 5 rings (SSSR count). The van der Waals surface area contributed by atoms with Gasteiger partial charge in [-0.05, 0) is 36.2 Å². The maximum atomic E-state index is 13.0. The normalized spacial score (nSPS) is 19.2. The van der Waals surface area contributed by atoms with Crippen LogP contribution in [0.4, 0.5) is 10.2 Å². The number of benzene rings is 1. The lowest BCUT2D eigenvalue weighted by molar-refractivity contribution is -0.117. The van der Waals surface area contributed by atoms with E-state index in [9.17, 15) is 9.18 Å². The van der Waals surface area contributed by atoms with Crippen LogP contribution in [0.25, 0.3) is 27.5 Å². The van der Waals surface area contributed by atoms with Crippen molar-refractivity contribution in [2.24, 2.45) is 5.92 Å². The quantitative estimate of drug-likeness (QED) is 0.576. The molecule has 1 aromatic carbocycles. The summed E-state index contributed by atoms with van der Waals surface area (Å²) in [5.74, 6) is -0.473. The topological polar surface area (TPSA) is 75.1 Å². The summed E-state index contributed by atoms with van der Waals surface area (Å²) >= 11 is 6.42. The van der Waals surface area contributed by atoms with Crippen LogP contribution in [0.3, 0.4) is 0 Å². The molecular formula is C18H13ClFN5O. The Morgan fingerprint density at radius 2 is 2.19 bits per heavy atom. The summed E-state index contributed by atoms with van der Waals surface area (Å²) in [5, 5.41) is 15.5. The molecule has 0 bridgehead atoms. The summed E-state index contributed by atoms with van der Waals surface area (Å²) in [6.07, 6.45) is 2.80. The van der Waals surface area contributed by atoms with Crippen molar-refractivity contribution in [3.05, 3.63) is 47.7 Å². The molecular weight excluding hydrogens is 357 g/mol. The second-order valence-corrected chi connectivity index (χ2v) is 6.82. The first-order chi connectivity index (χ1) is 12.6. The van der Waals surface area contributed by atoms with Gasteiger partial charge in [0, 0.05) is 28.2 Å². The predicted molar refractivity (Wildman–Crippen MR) is 96.9 cm³/mol. The number of pyridine rings is 1. The predicted octanol–water partition coefficient (Wildman–Crippen LogP) is 3.83. The van der Waals surface area contributed by atoms with Crippen LogP contribution in [0, 0.1) is 5.92 Å². The van der Waals surface area contributed by atoms with E-state index in [2.05, 4.69) is 20.6 Å². The number of aromatic amines is 1. The lowest BCUT2D eigenvalue weighted by Gasteiger charge is -2.06. The summed E-state index contributed by atoms with van der Waals surface area (Å²) in [6, 6.07) is 9.30. The molecule has 0 spiro atoms. The Morgan fingerprint density at radius 3 is 3.00 bits per heavy atom. The Balaban J connectivity index is 1.54. The molecule has 1 saturated carbocycles. The number of carbonyl (C=O) groups is 1. The van der Waals surface area contributed by atoms with E-state index in [1.54, 1.807) is 23.0 Å². The molecule has 4 aromatic rings. The van der Waals surface area contributed by atoms with Crippen molar-refractivity contribution in [3.8, 4) is 11.1 Å². The molecule has 26 heavy (non-hydrogen) atoms. The highest BCUT2D eigenvalue weighted by molar-refractivity contribution is 6.35. The van der Waals surface area contributed by atoms with E-state index in [4.69, 9.17) is 11.6 Å². The zero-order valence-corrected chi connectivity index (χ0v) is 14.2. The van der Waals surface area contributed by atoms with Gasteiger partial charge >= 0.3 is 0 Å². The fourth-order valence-corrected chi connectivity index (χ4v) is 3.42. The Kier molecular flexibility index (Phi) is 3.27. The zero-order chi connectivity index (χ0) is 17.8. The van der Waals surface area contributed by atoms with Gasteiger partial charge in [0.05, 0.1) is 23.1 Å². The molecule has 1 amide bonds. The SMILES string of the molecule is O=C(Nc1cc2cc(-c3c(Cl)ccc4[nH]ncc34)ccn2n1)[C@@H]1C[C@@H]1F. The van der Waals surface area contributed by atoms with E-state index < -0.39 is 12.1 Å². The molecule has 6 nitrogen and oxygen atoms in total. The second kappa shape index (κ2) is 5.54. The van der Waals surface area contributed by atoms with Crippen LogP contribution in [0.1, 0.15) is 6.42 Å². The number of alkyl halides is 1. The van der Waals surface area contributed by atoms with E-state index in [1.807, 2.05) is 24.3 Å². The molecule has 3 aromatic heterocycles. The highest BCUT2D eigenvalue weighted by Gasteiger charge is 2.43. The number of amides is 1. The van der Waals surface area contributed by atoms with Crippen molar-refractivity contribution in [3.63, 3.8) is 0 Å². The summed E-state index contributed by atoms with van der Waals surface area (Å²) in [4.78, 5) is 11.9. The minimum atomic E-state index is -1.03. The minimum absolute atomic E-state index is 0.288. The Bertz CT molecular complexity index is 1170. The number of fused-ring (bicyclic) bond motifs is 2. The lowest BCUT2D eigenvalue weighted by Crippen LogP contribution is -2.15. The molecule has 2 N–H and O–H groups in total. The highest BCUT2D eigenvalue weighted by Crippen LogP contribution is 2.36. The second-order valence-electron chi connectivity index (χ2n) is 6.42. The Hall–Kier alpha value is -2.93. The maximum Gasteiger partial charge on any atom is 0.231 e. The van der Waals surface area contributed by atoms with Crippen LogP contribution < -0.4 is 5.32 Å². The third kappa shape index (κ3) is 2.43. The van der Waals surface area contributed by atoms with E-state index >= 15 is 0 Å². The monoisotopic (exact) mass is 369 g/mol. The molecule has 0 aliphatic heterocycles. The molecule has 0 unspecified atom stereocenters. The molecule has 2 atom stereocenters. The standard InChI is InChI=1S/C18H13ClFN5O/c19-13-1-2-15-12(8-21-23-15)17(13)9-3-4-25-10(5-9)6-16(24-25)22-18(26)11-7-14(11)20/h1-6,8,11,14H,7H2,(H,21,23)(H,22,24,26)/t11-,14+/m1/s1. The number of hydrogen-bond donors (Lipinski definition) is 2. The van der Waals surface area contributed by atoms with Gasteiger partial charge in [0.25, 0.3) is 0 Å². The largest absolute Gasteiger partial charge is 0.309 e. The van der Waals surface area contributed by atoms with E-state index in [1.165, 1.54) is 0 Å². The number of anilines is 1. The summed E-state index contributed by atoms with van der Waals surface area (Å²) in [6.45, 7) is 0. The fourth-order valence-electron chi connectivity index (χ4n) is 3.15. The van der Waals surface area contributed by atoms with Crippen molar-refractivity contribution in [1.29, 1.82) is 0 Å². The van der Waals surface area contributed by atoms with Crippen LogP contribution in [0.5, 0.6) is 0 Å². The average Bonchev–Trinajstić information content (AvgIpc) is 3.02. The first kappa shape index (κ1) is 15.3. The van der Waals surface area contributed by atoms with E-state index in [-0.39, 0.29) is 12.3 Å². The first-order valence-corrected chi connectivity index (χ1v) is 8.54. The van der Waals surface area contributed by atoms with Crippen LogP contribution >= 0.6 is 11.6 Å². The molecule has 3 heterocycles. The van der Waals surface area contributed by atoms with E-state index in [0.29, 0.717) is 10.8 Å². The van der Waals surface area contributed by atoms with Crippen molar-refractivity contribution in [1.82, 2.24) is 19.8 Å². The van der Waals surface area contributed by atoms with Gasteiger partial charge in [-0.15, -0.1) is 0 Å². The van der Waals surface area contributed by atoms with Gasteiger partial charge in [-0.2, -0.15) is 10.2 Å². The van der Waals surface area contributed by atoms with Crippen LogP contribution in [-0.2, 0) is 4.79 Å². The number of nitrogens with zero attached hydrogens (tertiary/aromatic N) is 3.